The topological polar surface area (TPSA) is 236 Å². The third-order valence-electron chi connectivity index (χ3n) is 12.7. The number of nitrogens with two attached hydrogens (primary N) is 1. The number of ether oxygens (including phenoxy) is 3. The highest BCUT2D eigenvalue weighted by atomic mass is 31.2. The molecule has 76 heavy (non-hydrogen) atoms. The van der Waals surface area contributed by atoms with Crippen LogP contribution in [0.5, 0.6) is 0 Å². The normalized spacial score (nSPS) is 13.0. The first-order valence-electron chi connectivity index (χ1n) is 27.3. The van der Waals surface area contributed by atoms with Crippen LogP contribution in [-0.2, 0) is 51.0 Å². The number of unbranched alkanes of at least 4 members (excludes halogenated alkanes) is 15. The monoisotopic (exact) mass is 1080 g/mol. The number of anilines is 2. The largest absolute Gasteiger partial charge is 0.472 e. The zero-order valence-electron chi connectivity index (χ0n) is 46.1. The predicted octanol–water partition coefficient (Wildman–Crippen LogP) is 10.8. The van der Waals surface area contributed by atoms with Gasteiger partial charge < -0.3 is 39.2 Å². The van der Waals surface area contributed by atoms with Gasteiger partial charge in [0, 0.05) is 43.0 Å². The van der Waals surface area contributed by atoms with Gasteiger partial charge >= 0.3 is 25.9 Å². The summed E-state index contributed by atoms with van der Waals surface area (Å²) >= 11 is 0. The van der Waals surface area contributed by atoms with Gasteiger partial charge in [-0.3, -0.25) is 28.3 Å². The van der Waals surface area contributed by atoms with Gasteiger partial charge in [0.1, 0.15) is 37.2 Å². The number of imidazole rings is 1. The van der Waals surface area contributed by atoms with E-state index >= 15 is 0 Å². The Bertz CT molecular complexity index is 2450. The summed E-state index contributed by atoms with van der Waals surface area (Å²) in [5.41, 5.74) is 9.08. The molecule has 0 bridgehead atoms. The van der Waals surface area contributed by atoms with Gasteiger partial charge in [0.05, 0.1) is 58.4 Å². The zero-order chi connectivity index (χ0) is 55.2. The molecule has 420 valence electrons. The number of aryl methyl sites for hydroxylation is 1. The first-order valence-corrected chi connectivity index (χ1v) is 28.8. The van der Waals surface area contributed by atoms with E-state index in [1.165, 1.54) is 69.1 Å². The Morgan fingerprint density at radius 3 is 2.03 bits per heavy atom. The van der Waals surface area contributed by atoms with Crippen LogP contribution in [0.4, 0.5) is 16.3 Å². The molecule has 0 radical (unpaired) electrons. The number of aromatic nitrogens is 3. The maximum absolute atomic E-state index is 14.3. The number of quaternary nitrogens is 1. The van der Waals surface area contributed by atoms with Crippen LogP contribution in [0.25, 0.3) is 11.0 Å². The Kier molecular flexibility index (Phi) is 28.2. The number of rotatable bonds is 38. The number of likely N-dealkylation sites (N-methyl/N-ethyl adjacent to an activating group) is 1. The molecule has 4 N–H and O–H groups in total. The molecule has 0 fully saturated rings. The summed E-state index contributed by atoms with van der Waals surface area (Å²) in [7, 11) is 3.07. The fourth-order valence-electron chi connectivity index (χ4n) is 8.11. The molecule has 0 saturated carbocycles. The first-order chi connectivity index (χ1) is 36.5. The third kappa shape index (κ3) is 24.5. The van der Waals surface area contributed by atoms with Crippen LogP contribution in [0, 0.1) is 0 Å². The van der Waals surface area contributed by atoms with Crippen molar-refractivity contribution in [3.63, 3.8) is 0 Å². The zero-order valence-corrected chi connectivity index (χ0v) is 46.9. The highest BCUT2D eigenvalue weighted by Crippen LogP contribution is 2.43. The molecular weight excluding hydrogens is 992 g/mol. The number of amides is 2. The van der Waals surface area contributed by atoms with E-state index in [4.69, 9.17) is 34.0 Å². The Morgan fingerprint density at radius 2 is 1.39 bits per heavy atom. The number of hydrogen-bond donors (Lipinski definition) is 3. The van der Waals surface area contributed by atoms with Crippen LogP contribution in [0.1, 0.15) is 158 Å². The van der Waals surface area contributed by atoms with Crippen molar-refractivity contribution < 1.29 is 56.4 Å². The molecule has 4 rings (SSSR count). The summed E-state index contributed by atoms with van der Waals surface area (Å²) in [6, 6.07) is 17.4. The fraction of sp³-hybridized carbons (Fsp3) is 0.589. The van der Waals surface area contributed by atoms with Crippen LogP contribution in [0.3, 0.4) is 0 Å². The fourth-order valence-corrected chi connectivity index (χ4v) is 8.85. The Labute approximate surface area is 450 Å². The summed E-state index contributed by atoms with van der Waals surface area (Å²) in [5, 5.41) is 3.35. The maximum Gasteiger partial charge on any atom is 0.472 e. The van der Waals surface area contributed by atoms with E-state index in [0.717, 1.165) is 49.7 Å². The standard InChI is InChI=1S/C56H85N8O11P/c1-7-9-11-12-13-14-15-16-17-18-19-20-21-22-27-53(66)75-47(43-74-76(69,70)73-39-37-64(4,5)6)42-72-52(65)34-36-63(50-26-23-24-35-58-50)55(67)45-30-33-49-48(40-45)60-51(62(49)3)41-59-46-31-28-44(29-32-46)54(57)61-56(68)71-38-25-10-8-2/h23-24,26,28-33,35,40,47H,7-22,25,27,34,36-39,41-43H2,1-6H3,(H3-,57,59,61,68,69,70)/p+1. The van der Waals surface area contributed by atoms with Crippen molar-refractivity contribution in [2.75, 3.05) is 70.9 Å². The summed E-state index contributed by atoms with van der Waals surface area (Å²) < 4.78 is 41.9. The Balaban J connectivity index is 1.32. The van der Waals surface area contributed by atoms with Gasteiger partial charge in [-0.1, -0.05) is 116 Å². The molecule has 0 aliphatic rings. The molecule has 2 aromatic heterocycles. The minimum atomic E-state index is -4.54. The quantitative estimate of drug-likeness (QED) is 0.00720. The highest BCUT2D eigenvalue weighted by Gasteiger charge is 2.28. The van der Waals surface area contributed by atoms with Crippen molar-refractivity contribution in [3.8, 4) is 0 Å². The molecule has 2 heterocycles. The van der Waals surface area contributed by atoms with Gasteiger partial charge in [0.25, 0.3) is 5.91 Å². The molecule has 4 aromatic rings. The van der Waals surface area contributed by atoms with E-state index < -0.39 is 51.1 Å². The Hall–Kier alpha value is -5.72. The van der Waals surface area contributed by atoms with Crippen molar-refractivity contribution >= 4 is 60.1 Å². The third-order valence-corrected chi connectivity index (χ3v) is 13.6. The minimum absolute atomic E-state index is 0.0532. The molecule has 19 nitrogen and oxygen atoms in total. The molecule has 0 spiro atoms. The first kappa shape index (κ1) is 62.8. The van der Waals surface area contributed by atoms with Crippen LogP contribution in [0.2, 0.25) is 0 Å². The number of nitrogens with one attached hydrogen (secondary N) is 1. The lowest BCUT2D eigenvalue weighted by atomic mass is 10.0. The number of hydrogen-bond acceptors (Lipinski definition) is 13. The van der Waals surface area contributed by atoms with E-state index in [9.17, 15) is 28.6 Å². The van der Waals surface area contributed by atoms with E-state index in [1.807, 2.05) is 44.9 Å². The van der Waals surface area contributed by atoms with E-state index in [2.05, 4.69) is 29.1 Å². The number of nitrogens with zero attached hydrogens (tertiary/aromatic N) is 6. The number of carbonyl (C=O) groups is 4. The average Bonchev–Trinajstić information content (AvgIpc) is 3.71. The second-order valence-corrected chi connectivity index (χ2v) is 21.6. The van der Waals surface area contributed by atoms with Gasteiger partial charge in [-0.25, -0.2) is 19.3 Å². The molecule has 0 saturated heterocycles. The summed E-state index contributed by atoms with van der Waals surface area (Å²) in [6.07, 6.45) is 18.7. The number of esters is 2. The predicted molar refractivity (Wildman–Crippen MR) is 297 cm³/mol. The molecule has 0 aliphatic heterocycles. The van der Waals surface area contributed by atoms with Crippen molar-refractivity contribution in [3.05, 3.63) is 83.8 Å². The molecular formula is C56H86N8O11P+. The summed E-state index contributed by atoms with van der Waals surface area (Å²) in [6.45, 7) is 4.20. The number of aliphatic imine (C=N–C) groups is 1. The molecule has 2 amide bonds. The number of pyridine rings is 1. The lowest BCUT2D eigenvalue weighted by Gasteiger charge is -2.24. The second-order valence-electron chi connectivity index (χ2n) is 20.2. The molecule has 20 heteroatoms. The number of carbonyl (C=O) groups excluding carboxylic acids is 4. The molecule has 2 aromatic carbocycles. The SMILES string of the molecule is CCCCCCCCCCCCCCCCC(=O)OC(COC(=O)CCN(C(=O)c1ccc2c(c1)nc(CNc1ccc(/C(N)=N/C(=O)OCCCCC)cc1)n2C)c1ccccn1)COP(=O)(O)OCC[N+](C)(C)C. The van der Waals surface area contributed by atoms with Crippen LogP contribution in [-0.4, -0.2) is 120 Å². The van der Waals surface area contributed by atoms with Crippen LogP contribution in [0.15, 0.2) is 71.9 Å². The highest BCUT2D eigenvalue weighted by molar-refractivity contribution is 7.47. The van der Waals surface area contributed by atoms with Crippen molar-refractivity contribution in [1.82, 2.24) is 14.5 Å². The average molecular weight is 1080 g/mol. The smallest absolute Gasteiger partial charge is 0.462 e. The van der Waals surface area contributed by atoms with Gasteiger partial charge in [-0.15, -0.1) is 0 Å². The van der Waals surface area contributed by atoms with Crippen molar-refractivity contribution in [2.24, 2.45) is 17.8 Å². The summed E-state index contributed by atoms with van der Waals surface area (Å²) in [5.74, 6) is -0.631. The minimum Gasteiger partial charge on any atom is -0.462 e. The van der Waals surface area contributed by atoms with Gasteiger partial charge in [0.2, 0.25) is 0 Å². The molecule has 0 aliphatic carbocycles. The summed E-state index contributed by atoms with van der Waals surface area (Å²) in [4.78, 5) is 77.5. The molecule has 2 unspecified atom stereocenters. The molecule has 2 atom stereocenters. The van der Waals surface area contributed by atoms with Crippen LogP contribution < -0.4 is 16.0 Å². The number of fused-ring (bicyclic) bond motifs is 1. The Morgan fingerprint density at radius 1 is 0.763 bits per heavy atom. The van der Waals surface area contributed by atoms with Gasteiger partial charge in [-0.2, -0.15) is 4.99 Å². The van der Waals surface area contributed by atoms with Gasteiger partial charge in [0.15, 0.2) is 6.10 Å². The number of benzene rings is 2. The van der Waals surface area contributed by atoms with E-state index in [-0.39, 0.29) is 31.8 Å². The number of amidine groups is 1. The van der Waals surface area contributed by atoms with Crippen molar-refractivity contribution in [1.29, 1.82) is 0 Å². The lowest BCUT2D eigenvalue weighted by Crippen LogP contribution is -2.37. The van der Waals surface area contributed by atoms with E-state index in [0.29, 0.717) is 58.9 Å². The second kappa shape index (κ2) is 34.1. The lowest BCUT2D eigenvalue weighted by molar-refractivity contribution is -0.870. The van der Waals surface area contributed by atoms with E-state index in [1.54, 1.807) is 54.7 Å². The number of phosphoric ester groups is 1. The number of phosphoric acid groups is 1. The van der Waals surface area contributed by atoms with Gasteiger partial charge in [-0.05, 0) is 67.4 Å². The van der Waals surface area contributed by atoms with Crippen LogP contribution >= 0.6 is 7.82 Å². The van der Waals surface area contributed by atoms with Crippen molar-refractivity contribution in [2.45, 2.75) is 148 Å². The maximum atomic E-state index is 14.3.